The van der Waals surface area contributed by atoms with Crippen LogP contribution in [0.2, 0.25) is 10.0 Å². The van der Waals surface area contributed by atoms with E-state index in [0.29, 0.717) is 15.5 Å². The van der Waals surface area contributed by atoms with Crippen LogP contribution < -0.4 is 0 Å². The van der Waals surface area contributed by atoms with Crippen LogP contribution in [-0.4, -0.2) is 17.0 Å². The Morgan fingerprint density at radius 1 is 1.22 bits per heavy atom. The summed E-state index contributed by atoms with van der Waals surface area (Å²) in [5.41, 5.74) is 1.51. The Hall–Kier alpha value is -2.28. The van der Waals surface area contributed by atoms with E-state index in [4.69, 9.17) is 28.0 Å². The van der Waals surface area contributed by atoms with Crippen LogP contribution in [-0.2, 0) is 11.4 Å². The van der Waals surface area contributed by atoms with Gasteiger partial charge in [-0.2, -0.15) is 0 Å². The van der Waals surface area contributed by atoms with Gasteiger partial charge in [0.2, 0.25) is 0 Å². The molecule has 0 spiro atoms. The van der Waals surface area contributed by atoms with Crippen LogP contribution in [0.5, 0.6) is 0 Å². The molecule has 1 heterocycles. The Labute approximate surface area is 169 Å². The second kappa shape index (κ2) is 9.08. The molecule has 4 nitrogen and oxygen atoms in total. The van der Waals surface area contributed by atoms with E-state index in [2.05, 4.69) is 10.1 Å². The smallest absolute Gasteiger partial charge is 0.179 e. The fraction of sp³-hybridized carbons (Fsp3) is 0.105. The van der Waals surface area contributed by atoms with E-state index in [0.717, 1.165) is 10.6 Å². The lowest BCUT2D eigenvalue weighted by molar-refractivity contribution is 0.0999. The van der Waals surface area contributed by atoms with Crippen molar-refractivity contribution in [1.82, 2.24) is 4.98 Å². The van der Waals surface area contributed by atoms with Gasteiger partial charge < -0.3 is 4.84 Å². The zero-order valence-electron chi connectivity index (χ0n) is 13.9. The van der Waals surface area contributed by atoms with Gasteiger partial charge in [0.25, 0.3) is 0 Å². The maximum absolute atomic E-state index is 13.0. The molecule has 0 aliphatic heterocycles. The number of carbonyl (C=O) groups excluding carboxylic acids is 1. The number of Topliss-reactive ketones (excluding diaryl/α,β-unsaturated/α-hetero) is 1. The largest absolute Gasteiger partial charge is 0.391 e. The predicted octanol–water partition coefficient (Wildman–Crippen LogP) is 6.03. The fourth-order valence-corrected chi connectivity index (χ4v) is 3.37. The van der Waals surface area contributed by atoms with E-state index in [1.54, 1.807) is 18.3 Å². The summed E-state index contributed by atoms with van der Waals surface area (Å²) in [6.07, 6.45) is 3.00. The molecule has 1 aromatic heterocycles. The van der Waals surface area contributed by atoms with Gasteiger partial charge in [-0.05, 0) is 24.3 Å². The second-order valence-corrected chi connectivity index (χ2v) is 7.34. The van der Waals surface area contributed by atoms with Gasteiger partial charge in [-0.3, -0.25) is 4.79 Å². The molecule has 0 fully saturated rings. The van der Waals surface area contributed by atoms with Crippen molar-refractivity contribution in [3.05, 3.63) is 75.0 Å². The summed E-state index contributed by atoms with van der Waals surface area (Å²) in [6, 6.07) is 11.3. The maximum Gasteiger partial charge on any atom is 0.179 e. The number of benzene rings is 2. The minimum atomic E-state index is -0.416. The Bertz CT molecular complexity index is 974. The molecule has 8 heteroatoms. The maximum atomic E-state index is 13.0. The van der Waals surface area contributed by atoms with Crippen molar-refractivity contribution in [1.29, 1.82) is 0 Å². The molecule has 0 unspecified atom stereocenters. The Kier molecular flexibility index (Phi) is 6.55. The monoisotopic (exact) mass is 422 g/mol. The Morgan fingerprint density at radius 3 is 2.74 bits per heavy atom. The number of carbonyl (C=O) groups is 1. The predicted molar refractivity (Wildman–Crippen MR) is 106 cm³/mol. The van der Waals surface area contributed by atoms with Crippen molar-refractivity contribution in [3.8, 4) is 10.6 Å². The highest BCUT2D eigenvalue weighted by molar-refractivity contribution is 7.17. The van der Waals surface area contributed by atoms with E-state index in [1.807, 2.05) is 12.1 Å². The first-order chi connectivity index (χ1) is 13.0. The molecule has 0 atom stereocenters. The Balaban J connectivity index is 1.52. The van der Waals surface area contributed by atoms with Crippen molar-refractivity contribution in [2.24, 2.45) is 5.16 Å². The lowest BCUT2D eigenvalue weighted by Crippen LogP contribution is -1.97. The third-order valence-electron chi connectivity index (χ3n) is 3.53. The SMILES string of the molecule is O=C(CC=NOCc1ccc(F)cc1Cl)c1cnc(-c2ccc(Cl)cc2)s1. The summed E-state index contributed by atoms with van der Waals surface area (Å²) in [5, 5.41) is 5.39. The molecule has 138 valence electrons. The number of hydrogen-bond donors (Lipinski definition) is 0. The normalized spacial score (nSPS) is 11.1. The molecule has 0 saturated heterocycles. The van der Waals surface area contributed by atoms with Gasteiger partial charge in [0.1, 0.15) is 17.4 Å². The average Bonchev–Trinajstić information content (AvgIpc) is 3.14. The van der Waals surface area contributed by atoms with E-state index in [9.17, 15) is 9.18 Å². The van der Waals surface area contributed by atoms with Gasteiger partial charge in [-0.1, -0.05) is 46.6 Å². The van der Waals surface area contributed by atoms with Crippen molar-refractivity contribution >= 4 is 46.5 Å². The van der Waals surface area contributed by atoms with Gasteiger partial charge in [0.05, 0.1) is 22.5 Å². The third-order valence-corrected chi connectivity index (χ3v) is 5.22. The van der Waals surface area contributed by atoms with E-state index in [-0.39, 0.29) is 23.8 Å². The summed E-state index contributed by atoms with van der Waals surface area (Å²) < 4.78 is 13.0. The van der Waals surface area contributed by atoms with Crippen LogP contribution in [0.3, 0.4) is 0 Å². The quantitative estimate of drug-likeness (QED) is 0.265. The lowest BCUT2D eigenvalue weighted by atomic mass is 10.2. The van der Waals surface area contributed by atoms with Crippen LogP contribution >= 0.6 is 34.5 Å². The molecule has 0 radical (unpaired) electrons. The molecule has 3 aromatic rings. The molecule has 0 N–H and O–H groups in total. The van der Waals surface area contributed by atoms with Crippen molar-refractivity contribution in [2.45, 2.75) is 13.0 Å². The topological polar surface area (TPSA) is 51.5 Å². The molecule has 0 amide bonds. The number of rotatable bonds is 7. The van der Waals surface area contributed by atoms with Gasteiger partial charge in [-0.15, -0.1) is 11.3 Å². The second-order valence-electron chi connectivity index (χ2n) is 5.46. The number of hydrogen-bond acceptors (Lipinski definition) is 5. The zero-order chi connectivity index (χ0) is 19.2. The number of aromatic nitrogens is 1. The average molecular weight is 423 g/mol. The first-order valence-electron chi connectivity index (χ1n) is 7.85. The van der Waals surface area contributed by atoms with E-state index in [1.165, 1.54) is 35.8 Å². The number of halogens is 3. The first kappa shape index (κ1) is 19.5. The summed E-state index contributed by atoms with van der Waals surface area (Å²) >= 11 is 13.1. The summed E-state index contributed by atoms with van der Waals surface area (Å²) in [4.78, 5) is 22.1. The van der Waals surface area contributed by atoms with E-state index < -0.39 is 5.82 Å². The lowest BCUT2D eigenvalue weighted by Gasteiger charge is -2.02. The molecule has 27 heavy (non-hydrogen) atoms. The van der Waals surface area contributed by atoms with Crippen LogP contribution in [0.1, 0.15) is 21.7 Å². The third kappa shape index (κ3) is 5.35. The summed E-state index contributed by atoms with van der Waals surface area (Å²) in [5.74, 6) is -0.528. The summed E-state index contributed by atoms with van der Waals surface area (Å²) in [7, 11) is 0. The van der Waals surface area contributed by atoms with Crippen molar-refractivity contribution in [2.75, 3.05) is 0 Å². The van der Waals surface area contributed by atoms with Gasteiger partial charge in [0.15, 0.2) is 5.78 Å². The van der Waals surface area contributed by atoms with Crippen LogP contribution in [0.4, 0.5) is 4.39 Å². The number of oxime groups is 1. The number of thiazole rings is 1. The number of ketones is 1. The molecule has 0 aliphatic carbocycles. The highest BCUT2D eigenvalue weighted by atomic mass is 35.5. The van der Waals surface area contributed by atoms with Gasteiger partial charge in [0, 0.05) is 22.3 Å². The minimum absolute atomic E-state index is 0.0827. The van der Waals surface area contributed by atoms with Gasteiger partial charge >= 0.3 is 0 Å². The highest BCUT2D eigenvalue weighted by Crippen LogP contribution is 2.27. The molecule has 0 aliphatic rings. The fourth-order valence-electron chi connectivity index (χ4n) is 2.15. The molecule has 0 bridgehead atoms. The van der Waals surface area contributed by atoms with E-state index >= 15 is 0 Å². The minimum Gasteiger partial charge on any atom is -0.391 e. The zero-order valence-corrected chi connectivity index (χ0v) is 16.2. The molecule has 2 aromatic carbocycles. The van der Waals surface area contributed by atoms with Gasteiger partial charge in [-0.25, -0.2) is 9.37 Å². The number of nitrogens with zero attached hydrogens (tertiary/aromatic N) is 2. The molecular weight excluding hydrogens is 410 g/mol. The van der Waals surface area contributed by atoms with Crippen LogP contribution in [0.25, 0.3) is 10.6 Å². The molecular formula is C19H13Cl2FN2O2S. The molecule has 0 saturated carbocycles. The van der Waals surface area contributed by atoms with Crippen LogP contribution in [0, 0.1) is 5.82 Å². The standard InChI is InChI=1S/C19H13Cl2FN2O2S/c20-14-4-1-12(2-5-14)19-23-10-18(27-19)17(25)7-8-24-26-11-13-3-6-15(22)9-16(13)21/h1-6,8-10H,7,11H2. The highest BCUT2D eigenvalue weighted by Gasteiger charge is 2.11. The van der Waals surface area contributed by atoms with Crippen LogP contribution in [0.15, 0.2) is 53.8 Å². The Morgan fingerprint density at radius 2 is 2.00 bits per heavy atom. The van der Waals surface area contributed by atoms with Crippen molar-refractivity contribution in [3.63, 3.8) is 0 Å². The van der Waals surface area contributed by atoms with Crippen molar-refractivity contribution < 1.29 is 14.0 Å². The first-order valence-corrected chi connectivity index (χ1v) is 9.43. The molecule has 3 rings (SSSR count). The summed E-state index contributed by atoms with van der Waals surface area (Å²) in [6.45, 7) is 0.0884.